The summed E-state index contributed by atoms with van der Waals surface area (Å²) in [6.45, 7) is 4.39. The average molecular weight is 232 g/mol. The highest BCUT2D eigenvalue weighted by Gasteiger charge is 2.63. The highest BCUT2D eigenvalue weighted by Crippen LogP contribution is 2.67. The molecule has 88 valence electrons. The zero-order valence-corrected chi connectivity index (χ0v) is 10.3. The molecule has 2 fully saturated rings. The summed E-state index contributed by atoms with van der Waals surface area (Å²) in [4.78, 5) is 0. The Labute approximate surface area is 92.8 Å². The number of fused-ring (bicyclic) bond motifs is 2. The lowest BCUT2D eigenvalue weighted by Crippen LogP contribution is -2.39. The van der Waals surface area contributed by atoms with Crippen LogP contribution in [0.15, 0.2) is 0 Å². The van der Waals surface area contributed by atoms with Crippen molar-refractivity contribution in [2.24, 2.45) is 16.7 Å². The molecule has 2 rings (SSSR count). The Bertz CT molecular complexity index is 327. The first-order valence-electron chi connectivity index (χ1n) is 5.70. The Hall–Kier alpha value is -0.0900. The number of rotatable bonds is 3. The van der Waals surface area contributed by atoms with Crippen LogP contribution in [0.1, 0.15) is 39.5 Å². The maximum absolute atomic E-state index is 10.7. The largest absolute Gasteiger partial charge is 0.393 e. The number of aliphatic hydroxyl groups is 1. The lowest BCUT2D eigenvalue weighted by molar-refractivity contribution is -0.00547. The van der Waals surface area contributed by atoms with Gasteiger partial charge in [0.25, 0.3) is 0 Å². The van der Waals surface area contributed by atoms with Gasteiger partial charge in [0.15, 0.2) is 0 Å². The molecule has 0 amide bonds. The highest BCUT2D eigenvalue weighted by molar-refractivity contribution is 7.72. The van der Waals surface area contributed by atoms with Gasteiger partial charge < -0.3 is 5.11 Å². The fourth-order valence-electron chi connectivity index (χ4n) is 3.93. The van der Waals surface area contributed by atoms with Crippen molar-refractivity contribution in [1.82, 2.24) is 0 Å². The Balaban J connectivity index is 2.23. The second kappa shape index (κ2) is 3.45. The first kappa shape index (κ1) is 11.4. The zero-order chi connectivity index (χ0) is 11.3. The highest BCUT2D eigenvalue weighted by atomic mass is 32.2. The molecule has 4 heteroatoms. The Morgan fingerprint density at radius 3 is 2.47 bits per heavy atom. The van der Waals surface area contributed by atoms with Crippen molar-refractivity contribution in [3.63, 3.8) is 0 Å². The van der Waals surface area contributed by atoms with Crippen LogP contribution in [-0.4, -0.2) is 25.4 Å². The van der Waals surface area contributed by atoms with Crippen LogP contribution in [0.5, 0.6) is 0 Å². The van der Waals surface area contributed by atoms with Gasteiger partial charge in [-0.3, -0.25) is 0 Å². The van der Waals surface area contributed by atoms with Gasteiger partial charge in [-0.1, -0.05) is 13.8 Å². The van der Waals surface area contributed by atoms with E-state index in [2.05, 4.69) is 13.8 Å². The molecule has 0 aromatic carbocycles. The Kier molecular flexibility index (Phi) is 2.62. The molecule has 2 bridgehead atoms. The van der Waals surface area contributed by atoms with Crippen LogP contribution in [0, 0.1) is 16.7 Å². The molecule has 15 heavy (non-hydrogen) atoms. The first-order valence-corrected chi connectivity index (χ1v) is 7.06. The minimum absolute atomic E-state index is 0.109. The van der Waals surface area contributed by atoms with Gasteiger partial charge in [0.1, 0.15) is 10.7 Å². The van der Waals surface area contributed by atoms with E-state index in [1.54, 1.807) is 0 Å². The summed E-state index contributed by atoms with van der Waals surface area (Å²) in [6.07, 6.45) is 3.36. The van der Waals surface area contributed by atoms with Crippen LogP contribution < -0.4 is 0 Å². The SMILES string of the molecule is CC1(C)C2CCC1(CC[SH](=O)=O)C(O)C2. The third-order valence-corrected chi connectivity index (χ3v) is 5.72. The van der Waals surface area contributed by atoms with E-state index in [-0.39, 0.29) is 22.7 Å². The van der Waals surface area contributed by atoms with Crippen molar-refractivity contribution in [3.05, 3.63) is 0 Å². The predicted molar refractivity (Wildman–Crippen MR) is 59.4 cm³/mol. The Morgan fingerprint density at radius 1 is 1.40 bits per heavy atom. The maximum Gasteiger partial charge on any atom is 0.140 e. The molecule has 2 aliphatic carbocycles. The predicted octanol–water partition coefficient (Wildman–Crippen LogP) is 1.18. The molecule has 0 aromatic heterocycles. The van der Waals surface area contributed by atoms with Crippen LogP contribution in [0.4, 0.5) is 0 Å². The van der Waals surface area contributed by atoms with E-state index >= 15 is 0 Å². The average Bonchev–Trinajstić information content (AvgIpc) is 2.47. The van der Waals surface area contributed by atoms with Crippen molar-refractivity contribution in [2.75, 3.05) is 5.75 Å². The fourth-order valence-corrected chi connectivity index (χ4v) is 4.51. The number of thiol groups is 1. The molecule has 1 N–H and O–H groups in total. The second-order valence-electron chi connectivity index (χ2n) is 5.67. The fraction of sp³-hybridized carbons (Fsp3) is 1.00. The molecule has 0 heterocycles. The summed E-state index contributed by atoms with van der Waals surface area (Å²) in [5, 5.41) is 10.1. The van der Waals surface area contributed by atoms with E-state index < -0.39 is 10.7 Å². The van der Waals surface area contributed by atoms with Gasteiger partial charge in [-0.25, -0.2) is 8.42 Å². The summed E-state index contributed by atoms with van der Waals surface area (Å²) in [5.41, 5.74) is -0.0230. The molecule has 3 nitrogen and oxygen atoms in total. The van der Waals surface area contributed by atoms with Gasteiger partial charge in [-0.05, 0) is 37.0 Å². The van der Waals surface area contributed by atoms with E-state index in [1.807, 2.05) is 0 Å². The smallest absolute Gasteiger partial charge is 0.140 e. The van der Waals surface area contributed by atoms with E-state index in [0.717, 1.165) is 19.3 Å². The lowest BCUT2D eigenvalue weighted by Gasteiger charge is -2.40. The van der Waals surface area contributed by atoms with Crippen LogP contribution in [0.2, 0.25) is 0 Å². The third-order valence-electron chi connectivity index (χ3n) is 5.13. The molecule has 3 unspecified atom stereocenters. The van der Waals surface area contributed by atoms with Crippen LogP contribution in [-0.2, 0) is 10.7 Å². The molecule has 0 spiro atoms. The van der Waals surface area contributed by atoms with Crippen LogP contribution in [0.25, 0.3) is 0 Å². The van der Waals surface area contributed by atoms with E-state index in [4.69, 9.17) is 0 Å². The lowest BCUT2D eigenvalue weighted by atomic mass is 9.67. The minimum Gasteiger partial charge on any atom is -0.393 e. The van der Waals surface area contributed by atoms with Crippen molar-refractivity contribution in [2.45, 2.75) is 45.6 Å². The summed E-state index contributed by atoms with van der Waals surface area (Å²) < 4.78 is 21.4. The maximum atomic E-state index is 10.7. The number of hydrogen-bond donors (Lipinski definition) is 2. The monoisotopic (exact) mass is 232 g/mol. The molecule has 2 aliphatic rings. The third kappa shape index (κ3) is 1.45. The minimum atomic E-state index is -2.31. The van der Waals surface area contributed by atoms with E-state index in [1.165, 1.54) is 0 Å². The second-order valence-corrected chi connectivity index (χ2v) is 6.78. The van der Waals surface area contributed by atoms with E-state index in [9.17, 15) is 13.5 Å². The molecular formula is C11H20O3S. The van der Waals surface area contributed by atoms with Crippen molar-refractivity contribution in [3.8, 4) is 0 Å². The normalized spacial score (nSPS) is 42.7. The molecule has 0 aliphatic heterocycles. The summed E-state index contributed by atoms with van der Waals surface area (Å²) in [7, 11) is -2.31. The quantitative estimate of drug-likeness (QED) is 0.718. The summed E-state index contributed by atoms with van der Waals surface area (Å²) in [6, 6.07) is 0. The van der Waals surface area contributed by atoms with Crippen LogP contribution >= 0.6 is 0 Å². The topological polar surface area (TPSA) is 54.4 Å². The van der Waals surface area contributed by atoms with Crippen LogP contribution in [0.3, 0.4) is 0 Å². The van der Waals surface area contributed by atoms with Crippen molar-refractivity contribution < 1.29 is 13.5 Å². The van der Waals surface area contributed by atoms with Gasteiger partial charge in [0.05, 0.1) is 6.10 Å². The van der Waals surface area contributed by atoms with Crippen molar-refractivity contribution in [1.29, 1.82) is 0 Å². The molecule has 0 radical (unpaired) electrons. The number of aliphatic hydroxyl groups excluding tert-OH is 1. The number of hydrogen-bond acceptors (Lipinski definition) is 3. The van der Waals surface area contributed by atoms with Gasteiger partial charge in [-0.2, -0.15) is 0 Å². The standard InChI is InChI=1S/C11H20O3S/c1-10(2)8-3-4-11(10,9(12)7-8)5-6-15(13)14/h8-9,12,15H,3-7H2,1-2H3. The Morgan fingerprint density at radius 2 is 2.07 bits per heavy atom. The van der Waals surface area contributed by atoms with Gasteiger partial charge in [-0.15, -0.1) is 0 Å². The molecular weight excluding hydrogens is 212 g/mol. The molecule has 3 atom stereocenters. The zero-order valence-electron chi connectivity index (χ0n) is 9.40. The van der Waals surface area contributed by atoms with E-state index in [0.29, 0.717) is 12.3 Å². The molecule has 0 aromatic rings. The summed E-state index contributed by atoms with van der Waals surface area (Å²) in [5.74, 6) is 0.805. The molecule has 2 saturated carbocycles. The van der Waals surface area contributed by atoms with Crippen molar-refractivity contribution >= 4 is 10.7 Å². The van der Waals surface area contributed by atoms with Gasteiger partial charge >= 0.3 is 0 Å². The van der Waals surface area contributed by atoms with Gasteiger partial charge in [0.2, 0.25) is 0 Å². The first-order chi connectivity index (χ1) is 6.90. The molecule has 0 saturated heterocycles. The summed E-state index contributed by atoms with van der Waals surface area (Å²) >= 11 is 0. The van der Waals surface area contributed by atoms with Gasteiger partial charge in [0, 0.05) is 11.2 Å².